The van der Waals surface area contributed by atoms with Crippen molar-refractivity contribution in [3.63, 3.8) is 0 Å². The third kappa shape index (κ3) is 6.75. The molecule has 1 saturated heterocycles. The molecule has 1 aromatic carbocycles. The molecule has 0 saturated carbocycles. The van der Waals surface area contributed by atoms with E-state index >= 15 is 0 Å². The van der Waals surface area contributed by atoms with Crippen LogP contribution in [0.3, 0.4) is 0 Å². The number of thioether (sulfide) groups is 1. The molecule has 0 spiro atoms. The number of nitrogens with zero attached hydrogens (tertiary/aromatic N) is 3. The molecule has 8 heteroatoms. The van der Waals surface area contributed by atoms with Crippen molar-refractivity contribution < 1.29 is 13.6 Å². The van der Waals surface area contributed by atoms with Crippen LogP contribution < -0.4 is 5.32 Å². The predicted molar refractivity (Wildman–Crippen MR) is 109 cm³/mol. The van der Waals surface area contributed by atoms with Gasteiger partial charge in [-0.2, -0.15) is 0 Å². The summed E-state index contributed by atoms with van der Waals surface area (Å²) in [6.07, 6.45) is 9.22. The molecule has 5 nitrogen and oxygen atoms in total. The van der Waals surface area contributed by atoms with Gasteiger partial charge in [-0.05, 0) is 55.7 Å². The number of amides is 1. The lowest BCUT2D eigenvalue weighted by molar-refractivity contribution is -0.121. The number of hydrogen-bond donors (Lipinski definition) is 1. The van der Waals surface area contributed by atoms with Crippen LogP contribution in [0.25, 0.3) is 0 Å². The largest absolute Gasteiger partial charge is 0.352 e. The van der Waals surface area contributed by atoms with Crippen LogP contribution in [0.4, 0.5) is 8.78 Å². The molecule has 1 aliphatic rings. The van der Waals surface area contributed by atoms with E-state index in [0.717, 1.165) is 61.7 Å². The lowest BCUT2D eigenvalue weighted by atomic mass is 9.93. The van der Waals surface area contributed by atoms with E-state index in [1.807, 2.05) is 18.6 Å². The van der Waals surface area contributed by atoms with E-state index < -0.39 is 11.6 Å². The number of carbonyl (C=O) groups excluding carboxylic acids is 1. The fraction of sp³-hybridized carbons (Fsp3) is 0.476. The zero-order valence-corrected chi connectivity index (χ0v) is 17.4. The Morgan fingerprint density at radius 1 is 1.24 bits per heavy atom. The summed E-state index contributed by atoms with van der Waals surface area (Å²) < 4.78 is 26.2. The summed E-state index contributed by atoms with van der Waals surface area (Å²) in [5.41, 5.74) is 1.66. The van der Waals surface area contributed by atoms with E-state index in [-0.39, 0.29) is 12.5 Å². The molecule has 1 fully saturated rings. The number of carbonyl (C=O) groups is 1. The van der Waals surface area contributed by atoms with E-state index in [2.05, 4.69) is 20.2 Å². The molecule has 1 aliphatic heterocycles. The Labute approximate surface area is 174 Å². The van der Waals surface area contributed by atoms with Gasteiger partial charge in [-0.25, -0.2) is 18.7 Å². The van der Waals surface area contributed by atoms with E-state index in [4.69, 9.17) is 0 Å². The van der Waals surface area contributed by atoms with Crippen molar-refractivity contribution in [2.45, 2.75) is 43.9 Å². The summed E-state index contributed by atoms with van der Waals surface area (Å²) in [4.78, 5) is 23.2. The highest BCUT2D eigenvalue weighted by molar-refractivity contribution is 7.98. The second-order valence-corrected chi connectivity index (χ2v) is 8.16. The summed E-state index contributed by atoms with van der Waals surface area (Å²) in [5, 5.41) is 3.56. The minimum absolute atomic E-state index is 0.0621. The van der Waals surface area contributed by atoms with E-state index in [1.54, 1.807) is 0 Å². The fourth-order valence-electron chi connectivity index (χ4n) is 3.59. The first kappa shape index (κ1) is 21.6. The number of piperidine rings is 1. The Balaban J connectivity index is 1.40. The highest BCUT2D eigenvalue weighted by Gasteiger charge is 2.21. The SMILES string of the molecule is CSc1ncc(CN2CCC[C@H](CCC(=O)NCc3ccc(F)c(F)c3)C2)cn1. The summed E-state index contributed by atoms with van der Waals surface area (Å²) in [7, 11) is 0. The van der Waals surface area contributed by atoms with Crippen LogP contribution in [0.15, 0.2) is 35.7 Å². The van der Waals surface area contributed by atoms with Gasteiger partial charge in [0, 0.05) is 44.0 Å². The minimum Gasteiger partial charge on any atom is -0.352 e. The predicted octanol–water partition coefficient (Wildman–Crippen LogP) is 3.79. The van der Waals surface area contributed by atoms with Gasteiger partial charge >= 0.3 is 0 Å². The maximum Gasteiger partial charge on any atom is 0.220 e. The number of likely N-dealkylation sites (tertiary alicyclic amines) is 1. The van der Waals surface area contributed by atoms with Crippen molar-refractivity contribution in [3.05, 3.63) is 53.4 Å². The van der Waals surface area contributed by atoms with Gasteiger partial charge in [0.25, 0.3) is 0 Å². The molecule has 29 heavy (non-hydrogen) atoms. The van der Waals surface area contributed by atoms with Gasteiger partial charge in [-0.1, -0.05) is 17.8 Å². The van der Waals surface area contributed by atoms with Crippen LogP contribution >= 0.6 is 11.8 Å². The van der Waals surface area contributed by atoms with Crippen LogP contribution in [0.1, 0.15) is 36.8 Å². The second kappa shape index (κ2) is 10.6. The normalized spacial score (nSPS) is 17.3. The molecule has 1 aromatic heterocycles. The number of aromatic nitrogens is 2. The Morgan fingerprint density at radius 3 is 2.76 bits per heavy atom. The molecule has 156 valence electrons. The second-order valence-electron chi connectivity index (χ2n) is 7.39. The molecule has 2 heterocycles. The molecule has 1 atom stereocenters. The number of benzene rings is 1. The first-order valence-electron chi connectivity index (χ1n) is 9.81. The number of hydrogen-bond acceptors (Lipinski definition) is 5. The quantitative estimate of drug-likeness (QED) is 0.520. The molecular formula is C21H26F2N4OS. The van der Waals surface area contributed by atoms with Crippen LogP contribution in [-0.4, -0.2) is 40.1 Å². The molecule has 3 rings (SSSR count). The molecule has 0 unspecified atom stereocenters. The summed E-state index contributed by atoms with van der Waals surface area (Å²) >= 11 is 1.53. The van der Waals surface area contributed by atoms with Crippen molar-refractivity contribution in [1.29, 1.82) is 0 Å². The van der Waals surface area contributed by atoms with Crippen molar-refractivity contribution in [2.24, 2.45) is 5.92 Å². The van der Waals surface area contributed by atoms with Crippen LogP contribution in [0.2, 0.25) is 0 Å². The van der Waals surface area contributed by atoms with E-state index in [1.165, 1.54) is 17.8 Å². The lowest BCUT2D eigenvalue weighted by Crippen LogP contribution is -2.35. The van der Waals surface area contributed by atoms with E-state index in [0.29, 0.717) is 17.9 Å². The number of rotatable bonds is 8. The molecule has 0 bridgehead atoms. The Hall–Kier alpha value is -2.06. The third-order valence-corrected chi connectivity index (χ3v) is 5.70. The molecule has 1 amide bonds. The highest BCUT2D eigenvalue weighted by Crippen LogP contribution is 2.22. The topological polar surface area (TPSA) is 58.1 Å². The summed E-state index contributed by atoms with van der Waals surface area (Å²) in [5.74, 6) is -1.36. The van der Waals surface area contributed by atoms with Gasteiger partial charge in [-0.3, -0.25) is 9.69 Å². The Morgan fingerprint density at radius 2 is 2.03 bits per heavy atom. The Kier molecular flexibility index (Phi) is 7.94. The van der Waals surface area contributed by atoms with E-state index in [9.17, 15) is 13.6 Å². The highest BCUT2D eigenvalue weighted by atomic mass is 32.2. The Bertz CT molecular complexity index is 819. The molecule has 1 N–H and O–H groups in total. The van der Waals surface area contributed by atoms with Gasteiger partial charge < -0.3 is 5.32 Å². The smallest absolute Gasteiger partial charge is 0.220 e. The van der Waals surface area contributed by atoms with Crippen molar-refractivity contribution >= 4 is 17.7 Å². The first-order chi connectivity index (χ1) is 14.0. The monoisotopic (exact) mass is 420 g/mol. The maximum absolute atomic E-state index is 13.2. The van der Waals surface area contributed by atoms with Gasteiger partial charge in [0.2, 0.25) is 5.91 Å². The summed E-state index contributed by atoms with van der Waals surface area (Å²) in [6.45, 7) is 3.04. The van der Waals surface area contributed by atoms with Crippen molar-refractivity contribution in [2.75, 3.05) is 19.3 Å². The standard InChI is InChI=1S/C21H26F2N4OS/c1-29-21-25-11-17(12-26-21)14-27-8-2-3-15(13-27)5-7-20(28)24-10-16-4-6-18(22)19(23)9-16/h4,6,9,11-12,15H,2-3,5,7-8,10,13-14H2,1H3,(H,24,28)/t15-/m1/s1. The zero-order valence-electron chi connectivity index (χ0n) is 16.5. The van der Waals surface area contributed by atoms with Crippen molar-refractivity contribution in [1.82, 2.24) is 20.2 Å². The molecule has 0 aliphatic carbocycles. The third-order valence-electron chi connectivity index (χ3n) is 5.13. The maximum atomic E-state index is 13.2. The van der Waals surface area contributed by atoms with Crippen LogP contribution in [0.5, 0.6) is 0 Å². The van der Waals surface area contributed by atoms with Crippen LogP contribution in [0, 0.1) is 17.6 Å². The van der Waals surface area contributed by atoms with Gasteiger partial charge in [0.15, 0.2) is 16.8 Å². The van der Waals surface area contributed by atoms with Gasteiger partial charge in [-0.15, -0.1) is 0 Å². The van der Waals surface area contributed by atoms with Crippen LogP contribution in [-0.2, 0) is 17.9 Å². The average Bonchev–Trinajstić information content (AvgIpc) is 2.74. The van der Waals surface area contributed by atoms with Crippen molar-refractivity contribution in [3.8, 4) is 0 Å². The minimum atomic E-state index is -0.896. The molecular weight excluding hydrogens is 394 g/mol. The fourth-order valence-corrected chi connectivity index (χ4v) is 3.91. The van der Waals surface area contributed by atoms with Gasteiger partial charge in [0.1, 0.15) is 0 Å². The number of nitrogens with one attached hydrogen (secondary N) is 1. The average molecular weight is 421 g/mol. The summed E-state index contributed by atoms with van der Waals surface area (Å²) in [6, 6.07) is 3.67. The molecule has 0 radical (unpaired) electrons. The first-order valence-corrected chi connectivity index (χ1v) is 11.0. The molecule has 2 aromatic rings. The van der Waals surface area contributed by atoms with Gasteiger partial charge in [0.05, 0.1) is 0 Å². The lowest BCUT2D eigenvalue weighted by Gasteiger charge is -2.32. The zero-order chi connectivity index (χ0) is 20.6. The number of halogens is 2.